The Morgan fingerprint density at radius 3 is 2.45 bits per heavy atom. The zero-order chi connectivity index (χ0) is 14.7. The Kier molecular flexibility index (Phi) is 4.76. The number of ether oxygens (including phenoxy) is 1. The van der Waals surface area contributed by atoms with Gasteiger partial charge >= 0.3 is 5.97 Å². The van der Waals surface area contributed by atoms with Gasteiger partial charge < -0.3 is 10.5 Å². The van der Waals surface area contributed by atoms with Crippen molar-refractivity contribution in [2.45, 2.75) is 6.61 Å². The summed E-state index contributed by atoms with van der Waals surface area (Å²) in [6.45, 7) is 0.0681. The van der Waals surface area contributed by atoms with Gasteiger partial charge in [0.15, 0.2) is 0 Å². The molecule has 0 amide bonds. The van der Waals surface area contributed by atoms with E-state index in [0.29, 0.717) is 5.02 Å². The van der Waals surface area contributed by atoms with Gasteiger partial charge in [-0.15, -0.1) is 0 Å². The molecule has 0 atom stereocenters. The van der Waals surface area contributed by atoms with Crippen LogP contribution in [0.2, 0.25) is 15.1 Å². The Bertz CT molecular complexity index is 636. The van der Waals surface area contributed by atoms with Crippen LogP contribution in [0.4, 0.5) is 5.69 Å². The van der Waals surface area contributed by atoms with Gasteiger partial charge in [-0.3, -0.25) is 0 Å². The lowest BCUT2D eigenvalue weighted by Gasteiger charge is -2.08. The molecule has 0 spiro atoms. The Morgan fingerprint density at radius 2 is 1.80 bits per heavy atom. The Morgan fingerprint density at radius 1 is 1.10 bits per heavy atom. The van der Waals surface area contributed by atoms with Crippen molar-refractivity contribution in [3.8, 4) is 0 Å². The van der Waals surface area contributed by atoms with E-state index in [1.807, 2.05) is 6.07 Å². The summed E-state index contributed by atoms with van der Waals surface area (Å²) in [6, 6.07) is 9.94. The average Bonchev–Trinajstić information content (AvgIpc) is 2.43. The molecule has 6 heteroatoms. The molecule has 0 aliphatic heterocycles. The van der Waals surface area contributed by atoms with Crippen molar-refractivity contribution in [3.63, 3.8) is 0 Å². The van der Waals surface area contributed by atoms with E-state index in [0.717, 1.165) is 5.56 Å². The van der Waals surface area contributed by atoms with Crippen LogP contribution in [0, 0.1) is 0 Å². The van der Waals surface area contributed by atoms with Gasteiger partial charge in [0.2, 0.25) is 0 Å². The standard InChI is InChI=1S/C14H10Cl3NO2/c15-10-4-2-1-3-8(10)7-20-14(19)9-5-11(16)13(17)12(18)6-9/h1-6H,7,18H2. The second-order valence-electron chi connectivity index (χ2n) is 4.03. The van der Waals surface area contributed by atoms with Crippen molar-refractivity contribution in [3.05, 3.63) is 62.6 Å². The highest BCUT2D eigenvalue weighted by Gasteiger charge is 2.13. The molecule has 0 aliphatic carbocycles. The molecular formula is C14H10Cl3NO2. The van der Waals surface area contributed by atoms with E-state index in [-0.39, 0.29) is 27.9 Å². The summed E-state index contributed by atoms with van der Waals surface area (Å²) >= 11 is 17.7. The highest BCUT2D eigenvalue weighted by Crippen LogP contribution is 2.29. The van der Waals surface area contributed by atoms with Gasteiger partial charge in [-0.1, -0.05) is 53.0 Å². The van der Waals surface area contributed by atoms with E-state index in [9.17, 15) is 4.79 Å². The third-order valence-electron chi connectivity index (χ3n) is 2.61. The van der Waals surface area contributed by atoms with Crippen molar-refractivity contribution in [2.75, 3.05) is 5.73 Å². The number of hydrogen-bond donors (Lipinski definition) is 1. The molecule has 0 saturated heterocycles. The van der Waals surface area contributed by atoms with Crippen molar-refractivity contribution in [2.24, 2.45) is 0 Å². The lowest BCUT2D eigenvalue weighted by molar-refractivity contribution is 0.0473. The van der Waals surface area contributed by atoms with Crippen LogP contribution in [0.3, 0.4) is 0 Å². The summed E-state index contributed by atoms with van der Waals surface area (Å²) in [5.41, 5.74) is 6.83. The summed E-state index contributed by atoms with van der Waals surface area (Å²) in [5.74, 6) is -0.546. The van der Waals surface area contributed by atoms with Gasteiger partial charge in [-0.25, -0.2) is 4.79 Å². The molecule has 2 rings (SSSR count). The number of halogens is 3. The minimum atomic E-state index is -0.546. The van der Waals surface area contributed by atoms with Crippen molar-refractivity contribution < 1.29 is 9.53 Å². The van der Waals surface area contributed by atoms with Crippen LogP contribution in [0.5, 0.6) is 0 Å². The quantitative estimate of drug-likeness (QED) is 0.661. The SMILES string of the molecule is Nc1cc(C(=O)OCc2ccccc2Cl)cc(Cl)c1Cl. The van der Waals surface area contributed by atoms with Gasteiger partial charge in [-0.2, -0.15) is 0 Å². The molecule has 20 heavy (non-hydrogen) atoms. The largest absolute Gasteiger partial charge is 0.457 e. The first kappa shape index (κ1) is 15.0. The van der Waals surface area contributed by atoms with Gasteiger partial charge in [-0.05, 0) is 18.2 Å². The maximum atomic E-state index is 11.9. The summed E-state index contributed by atoms with van der Waals surface area (Å²) in [6.07, 6.45) is 0. The fraction of sp³-hybridized carbons (Fsp3) is 0.0714. The van der Waals surface area contributed by atoms with Crippen LogP contribution in [0.25, 0.3) is 0 Å². The number of nitrogens with two attached hydrogens (primary N) is 1. The van der Waals surface area contributed by atoms with Gasteiger partial charge in [0, 0.05) is 10.6 Å². The third-order valence-corrected chi connectivity index (χ3v) is 3.79. The summed E-state index contributed by atoms with van der Waals surface area (Å²) < 4.78 is 5.16. The van der Waals surface area contributed by atoms with Gasteiger partial charge in [0.1, 0.15) is 6.61 Å². The van der Waals surface area contributed by atoms with Crippen molar-refractivity contribution in [1.29, 1.82) is 0 Å². The highest BCUT2D eigenvalue weighted by molar-refractivity contribution is 6.43. The van der Waals surface area contributed by atoms with E-state index < -0.39 is 5.97 Å². The molecule has 0 heterocycles. The van der Waals surface area contributed by atoms with Crippen molar-refractivity contribution in [1.82, 2.24) is 0 Å². The molecule has 104 valence electrons. The van der Waals surface area contributed by atoms with Gasteiger partial charge in [0.25, 0.3) is 0 Å². The van der Waals surface area contributed by atoms with Crippen LogP contribution < -0.4 is 5.73 Å². The molecule has 0 aromatic heterocycles. The zero-order valence-corrected chi connectivity index (χ0v) is 12.5. The molecule has 2 aromatic rings. The van der Waals surface area contributed by atoms with E-state index in [2.05, 4.69) is 0 Å². The summed E-state index contributed by atoms with van der Waals surface area (Å²) in [7, 11) is 0. The maximum absolute atomic E-state index is 11.9. The first-order valence-electron chi connectivity index (χ1n) is 5.64. The minimum absolute atomic E-state index is 0.0681. The highest BCUT2D eigenvalue weighted by atomic mass is 35.5. The molecule has 0 aliphatic rings. The first-order chi connectivity index (χ1) is 9.49. The number of anilines is 1. The molecular weight excluding hydrogens is 321 g/mol. The van der Waals surface area contributed by atoms with E-state index in [1.165, 1.54) is 12.1 Å². The smallest absolute Gasteiger partial charge is 0.338 e. The number of rotatable bonds is 3. The number of esters is 1. The van der Waals surface area contributed by atoms with Crippen LogP contribution in [-0.2, 0) is 11.3 Å². The van der Waals surface area contributed by atoms with Crippen LogP contribution >= 0.6 is 34.8 Å². The number of benzene rings is 2. The summed E-state index contributed by atoms with van der Waals surface area (Å²) in [5, 5.41) is 0.958. The van der Waals surface area contributed by atoms with E-state index in [1.54, 1.807) is 18.2 Å². The Balaban J connectivity index is 2.11. The topological polar surface area (TPSA) is 52.3 Å². The lowest BCUT2D eigenvalue weighted by atomic mass is 10.2. The minimum Gasteiger partial charge on any atom is -0.457 e. The second kappa shape index (κ2) is 6.35. The molecule has 3 nitrogen and oxygen atoms in total. The normalized spacial score (nSPS) is 10.3. The maximum Gasteiger partial charge on any atom is 0.338 e. The predicted molar refractivity (Wildman–Crippen MR) is 81.4 cm³/mol. The van der Waals surface area contributed by atoms with E-state index >= 15 is 0 Å². The lowest BCUT2D eigenvalue weighted by Crippen LogP contribution is -2.06. The number of nitrogen functional groups attached to an aromatic ring is 1. The van der Waals surface area contributed by atoms with Crippen LogP contribution in [0.15, 0.2) is 36.4 Å². The third kappa shape index (κ3) is 3.37. The Labute approximate surface area is 131 Å². The van der Waals surface area contributed by atoms with Crippen molar-refractivity contribution >= 4 is 46.5 Å². The first-order valence-corrected chi connectivity index (χ1v) is 6.77. The molecule has 2 N–H and O–H groups in total. The molecule has 0 fully saturated rings. The van der Waals surface area contributed by atoms with Crippen LogP contribution in [-0.4, -0.2) is 5.97 Å². The monoisotopic (exact) mass is 329 g/mol. The molecule has 0 bridgehead atoms. The number of carbonyl (C=O) groups excluding carboxylic acids is 1. The molecule has 0 unspecified atom stereocenters. The molecule has 2 aromatic carbocycles. The molecule has 0 saturated carbocycles. The second-order valence-corrected chi connectivity index (χ2v) is 5.22. The number of hydrogen-bond acceptors (Lipinski definition) is 3. The molecule has 0 radical (unpaired) electrons. The zero-order valence-electron chi connectivity index (χ0n) is 10.2. The van der Waals surface area contributed by atoms with Gasteiger partial charge in [0.05, 0.1) is 21.3 Å². The fourth-order valence-corrected chi connectivity index (χ4v) is 2.10. The number of carbonyl (C=O) groups is 1. The summed E-state index contributed by atoms with van der Waals surface area (Å²) in [4.78, 5) is 11.9. The predicted octanol–water partition coefficient (Wildman–Crippen LogP) is 4.59. The average molecular weight is 331 g/mol. The van der Waals surface area contributed by atoms with Crippen LogP contribution in [0.1, 0.15) is 15.9 Å². The van der Waals surface area contributed by atoms with E-state index in [4.69, 9.17) is 45.3 Å². The Hall–Kier alpha value is -1.42. The fourth-order valence-electron chi connectivity index (χ4n) is 1.57.